The van der Waals surface area contributed by atoms with Gasteiger partial charge in [0.25, 0.3) is 7.52 Å². The van der Waals surface area contributed by atoms with Crippen molar-refractivity contribution in [2.75, 3.05) is 25.3 Å². The molecule has 2 rings (SSSR count). The van der Waals surface area contributed by atoms with Gasteiger partial charge in [-0.05, 0) is 27.2 Å². The zero-order valence-corrected chi connectivity index (χ0v) is 20.8. The summed E-state index contributed by atoms with van der Waals surface area (Å²) in [5, 5.41) is 11.9. The maximum Gasteiger partial charge on any atom is 0.332 e. The molecule has 0 radical (unpaired) electrons. The van der Waals surface area contributed by atoms with E-state index in [0.717, 1.165) is 12.8 Å². The van der Waals surface area contributed by atoms with Crippen LogP contribution in [0.3, 0.4) is 0 Å². The second-order valence-corrected chi connectivity index (χ2v) is 10.4. The number of aromatic nitrogens is 4. The van der Waals surface area contributed by atoms with Crippen LogP contribution in [0.1, 0.15) is 47.0 Å². The SMILES string of the molecule is CCCCCOC(=O)COP(=O)(CO[C@H](C)Cn1cnc2c(N)ncnc21)NC(C)(C)C(=O)O. The fourth-order valence-electron chi connectivity index (χ4n) is 2.90. The quantitative estimate of drug-likeness (QED) is 0.184. The summed E-state index contributed by atoms with van der Waals surface area (Å²) >= 11 is 0. The van der Waals surface area contributed by atoms with Crippen LogP contribution in [0.4, 0.5) is 5.82 Å². The van der Waals surface area contributed by atoms with Gasteiger partial charge in [0.1, 0.15) is 23.7 Å². The fraction of sp³-hybridized carbons (Fsp3) is 0.650. The third kappa shape index (κ3) is 8.01. The number of nitrogens with zero attached hydrogens (tertiary/aromatic N) is 4. The number of carbonyl (C=O) groups is 2. The number of esters is 1. The standard InChI is InChI=1S/C20H33N6O7P/c1-5-6-7-8-31-15(27)10-33-34(30,25-20(3,4)19(28)29)13-32-14(2)9-26-12-24-16-17(21)22-11-23-18(16)26/h11-12,14H,5-10,13H2,1-4H3,(H,25,30)(H,28,29)(H2,21,22,23)/t14-,34?/m1/s1. The Morgan fingerprint density at radius 1 is 1.29 bits per heavy atom. The van der Waals surface area contributed by atoms with Crippen molar-refractivity contribution in [3.05, 3.63) is 12.7 Å². The van der Waals surface area contributed by atoms with Gasteiger partial charge >= 0.3 is 11.9 Å². The zero-order valence-electron chi connectivity index (χ0n) is 19.9. The number of ether oxygens (including phenoxy) is 2. The largest absolute Gasteiger partial charge is 0.480 e. The van der Waals surface area contributed by atoms with E-state index in [0.29, 0.717) is 17.6 Å². The van der Waals surface area contributed by atoms with Crippen LogP contribution in [-0.4, -0.2) is 67.8 Å². The molecule has 0 amide bonds. The van der Waals surface area contributed by atoms with Crippen LogP contribution in [0.2, 0.25) is 0 Å². The molecule has 2 aromatic rings. The molecule has 0 saturated heterocycles. The molecule has 0 aromatic carbocycles. The van der Waals surface area contributed by atoms with E-state index in [1.807, 2.05) is 6.92 Å². The van der Waals surface area contributed by atoms with Gasteiger partial charge in [-0.3, -0.25) is 9.36 Å². The highest BCUT2D eigenvalue weighted by molar-refractivity contribution is 7.56. The van der Waals surface area contributed by atoms with Crippen molar-refractivity contribution in [2.24, 2.45) is 0 Å². The Morgan fingerprint density at radius 3 is 2.71 bits per heavy atom. The Bertz CT molecular complexity index is 1030. The molecule has 190 valence electrons. The average molecular weight is 500 g/mol. The fourth-order valence-corrected chi connectivity index (χ4v) is 4.82. The topological polar surface area (TPSA) is 181 Å². The molecule has 4 N–H and O–H groups in total. The summed E-state index contributed by atoms with van der Waals surface area (Å²) < 4.78 is 31.2. The van der Waals surface area contributed by atoms with E-state index < -0.39 is 44.1 Å². The molecule has 0 spiro atoms. The highest BCUT2D eigenvalue weighted by Crippen LogP contribution is 2.45. The highest BCUT2D eigenvalue weighted by Gasteiger charge is 2.38. The summed E-state index contributed by atoms with van der Waals surface area (Å²) in [5.74, 6) is -1.69. The van der Waals surface area contributed by atoms with E-state index in [4.69, 9.17) is 19.7 Å². The van der Waals surface area contributed by atoms with Gasteiger partial charge in [-0.2, -0.15) is 0 Å². The molecule has 0 bridgehead atoms. The molecule has 0 fully saturated rings. The van der Waals surface area contributed by atoms with Gasteiger partial charge < -0.3 is 29.4 Å². The molecule has 34 heavy (non-hydrogen) atoms. The van der Waals surface area contributed by atoms with E-state index in [2.05, 4.69) is 20.0 Å². The Labute approximate surface area is 197 Å². The van der Waals surface area contributed by atoms with Gasteiger partial charge in [0.2, 0.25) is 0 Å². The molecule has 0 aliphatic carbocycles. The normalized spacial score (nSPS) is 14.6. The number of unbranched alkanes of at least 4 members (excludes halogenated alkanes) is 2. The number of anilines is 1. The average Bonchev–Trinajstić information content (AvgIpc) is 3.18. The summed E-state index contributed by atoms with van der Waals surface area (Å²) in [7, 11) is -3.92. The van der Waals surface area contributed by atoms with Crippen LogP contribution >= 0.6 is 7.52 Å². The smallest absolute Gasteiger partial charge is 0.332 e. The zero-order chi connectivity index (χ0) is 25.4. The number of aliphatic carboxylic acids is 1. The van der Waals surface area contributed by atoms with Gasteiger partial charge in [0.15, 0.2) is 18.1 Å². The van der Waals surface area contributed by atoms with Crippen LogP contribution in [0.15, 0.2) is 12.7 Å². The number of nitrogens with one attached hydrogen (secondary N) is 1. The number of fused-ring (bicyclic) bond motifs is 1. The summed E-state index contributed by atoms with van der Waals surface area (Å²) in [5.41, 5.74) is 5.16. The molecule has 0 aliphatic rings. The van der Waals surface area contributed by atoms with Crippen molar-refractivity contribution in [2.45, 2.75) is 65.1 Å². The van der Waals surface area contributed by atoms with E-state index >= 15 is 0 Å². The van der Waals surface area contributed by atoms with Gasteiger partial charge in [-0.15, -0.1) is 0 Å². The number of hydrogen-bond acceptors (Lipinski definition) is 10. The molecule has 2 heterocycles. The number of carbonyl (C=O) groups excluding carboxylic acids is 1. The maximum atomic E-state index is 13.4. The second kappa shape index (κ2) is 12.2. The first-order valence-electron chi connectivity index (χ1n) is 10.9. The summed E-state index contributed by atoms with van der Waals surface area (Å²) in [6.45, 7) is 6.33. The number of carboxylic acid groups (broad SMARTS) is 1. The lowest BCUT2D eigenvalue weighted by Gasteiger charge is -2.28. The van der Waals surface area contributed by atoms with Crippen molar-refractivity contribution in [1.82, 2.24) is 24.6 Å². The molecular weight excluding hydrogens is 467 g/mol. The van der Waals surface area contributed by atoms with Crippen molar-refractivity contribution < 1.29 is 33.3 Å². The number of nitrogens with two attached hydrogens (primary N) is 1. The summed E-state index contributed by atoms with van der Waals surface area (Å²) in [6, 6.07) is 0. The van der Waals surface area contributed by atoms with Gasteiger partial charge in [-0.25, -0.2) is 24.8 Å². The Balaban J connectivity index is 2.02. The van der Waals surface area contributed by atoms with Crippen molar-refractivity contribution in [3.63, 3.8) is 0 Å². The number of imidazole rings is 1. The molecule has 0 aliphatic heterocycles. The third-order valence-corrected chi connectivity index (χ3v) is 6.73. The summed E-state index contributed by atoms with van der Waals surface area (Å²) in [6.07, 6.45) is 4.48. The highest BCUT2D eigenvalue weighted by atomic mass is 31.2. The molecule has 2 atom stereocenters. The second-order valence-electron chi connectivity index (χ2n) is 8.35. The van der Waals surface area contributed by atoms with Gasteiger partial charge in [0.05, 0.1) is 25.6 Å². The van der Waals surface area contributed by atoms with Crippen LogP contribution < -0.4 is 10.8 Å². The van der Waals surface area contributed by atoms with E-state index in [9.17, 15) is 19.3 Å². The number of rotatable bonds is 15. The van der Waals surface area contributed by atoms with E-state index in [1.54, 1.807) is 11.5 Å². The molecule has 14 heteroatoms. The molecule has 2 aromatic heterocycles. The van der Waals surface area contributed by atoms with Crippen LogP contribution in [-0.2, 0) is 34.7 Å². The lowest BCUT2D eigenvalue weighted by Crippen LogP contribution is -2.46. The minimum Gasteiger partial charge on any atom is -0.480 e. The number of nitrogen functional groups attached to an aromatic ring is 1. The van der Waals surface area contributed by atoms with E-state index in [1.165, 1.54) is 26.5 Å². The first-order chi connectivity index (χ1) is 16.0. The van der Waals surface area contributed by atoms with Crippen LogP contribution in [0.5, 0.6) is 0 Å². The predicted octanol–water partition coefficient (Wildman–Crippen LogP) is 2.17. The van der Waals surface area contributed by atoms with Gasteiger partial charge in [-0.1, -0.05) is 19.8 Å². The first kappa shape index (κ1) is 27.6. The Hall–Kier alpha value is -2.60. The van der Waals surface area contributed by atoms with Crippen LogP contribution in [0, 0.1) is 0 Å². The minimum absolute atomic E-state index is 0.231. The molecule has 0 saturated carbocycles. The van der Waals surface area contributed by atoms with Gasteiger partial charge in [0, 0.05) is 0 Å². The van der Waals surface area contributed by atoms with E-state index in [-0.39, 0.29) is 19.0 Å². The Morgan fingerprint density at radius 2 is 2.03 bits per heavy atom. The number of carboxylic acids is 1. The lowest BCUT2D eigenvalue weighted by atomic mass is 10.1. The third-order valence-electron chi connectivity index (χ3n) is 4.80. The van der Waals surface area contributed by atoms with Crippen molar-refractivity contribution in [3.8, 4) is 0 Å². The number of hydrogen-bond donors (Lipinski definition) is 3. The minimum atomic E-state index is -3.92. The predicted molar refractivity (Wildman–Crippen MR) is 124 cm³/mol. The summed E-state index contributed by atoms with van der Waals surface area (Å²) in [4.78, 5) is 35.7. The van der Waals surface area contributed by atoms with Crippen molar-refractivity contribution in [1.29, 1.82) is 0 Å². The van der Waals surface area contributed by atoms with Crippen LogP contribution in [0.25, 0.3) is 11.2 Å². The molecule has 1 unspecified atom stereocenters. The molecular formula is C20H33N6O7P. The molecule has 13 nitrogen and oxygen atoms in total. The Kier molecular flexibility index (Phi) is 9.92. The maximum absolute atomic E-state index is 13.4. The first-order valence-corrected chi connectivity index (χ1v) is 12.7. The monoisotopic (exact) mass is 500 g/mol. The lowest BCUT2D eigenvalue weighted by molar-refractivity contribution is -0.146. The van der Waals surface area contributed by atoms with Crippen molar-refractivity contribution >= 4 is 36.4 Å².